The first-order chi connectivity index (χ1) is 9.29. The topological polar surface area (TPSA) is 84.1 Å². The number of nitriles is 1. The average molecular weight is 255 g/mol. The number of nitrogens with two attached hydrogens (primary N) is 1. The summed E-state index contributed by atoms with van der Waals surface area (Å²) in [6.45, 7) is 1.30. The van der Waals surface area contributed by atoms with Gasteiger partial charge in [-0.05, 0) is 17.7 Å². The second-order valence-electron chi connectivity index (χ2n) is 4.31. The van der Waals surface area contributed by atoms with Crippen molar-refractivity contribution in [2.24, 2.45) is 0 Å². The minimum atomic E-state index is 0.379. The maximum Gasteiger partial charge on any atom is 0.161 e. The van der Waals surface area contributed by atoms with Gasteiger partial charge in [-0.2, -0.15) is 5.26 Å². The third-order valence-electron chi connectivity index (χ3n) is 3.08. The zero-order chi connectivity index (χ0) is 13.2. The Kier molecular flexibility index (Phi) is 2.76. The number of rotatable bonds is 1. The first kappa shape index (κ1) is 11.5. The molecule has 0 fully saturated rings. The van der Waals surface area contributed by atoms with Gasteiger partial charge in [0.2, 0.25) is 0 Å². The summed E-state index contributed by atoms with van der Waals surface area (Å²) in [7, 11) is 0. The van der Waals surface area contributed by atoms with Crippen LogP contribution in [0, 0.1) is 11.3 Å². The predicted octanol–water partition coefficient (Wildman–Crippen LogP) is 2.30. The van der Waals surface area contributed by atoms with Crippen molar-refractivity contribution in [2.75, 3.05) is 18.9 Å². The largest absolute Gasteiger partial charge is 0.490 e. The normalized spacial score (nSPS) is 13.6. The van der Waals surface area contributed by atoms with Crippen LogP contribution in [0.5, 0.6) is 11.5 Å². The fourth-order valence-corrected chi connectivity index (χ4v) is 2.12. The molecule has 19 heavy (non-hydrogen) atoms. The molecule has 2 aromatic rings. The van der Waals surface area contributed by atoms with Gasteiger partial charge in [-0.25, -0.2) is 0 Å². The number of anilines is 1. The van der Waals surface area contributed by atoms with Crippen molar-refractivity contribution in [1.29, 1.82) is 5.26 Å². The molecule has 5 heteroatoms. The maximum atomic E-state index is 9.13. The maximum absolute atomic E-state index is 9.13. The Morgan fingerprint density at radius 3 is 2.79 bits per heavy atom. The number of hydrogen-bond donors (Lipinski definition) is 2. The van der Waals surface area contributed by atoms with Gasteiger partial charge < -0.3 is 20.2 Å². The van der Waals surface area contributed by atoms with Crippen LogP contribution in [0.25, 0.3) is 11.1 Å². The van der Waals surface area contributed by atoms with E-state index in [1.54, 1.807) is 6.20 Å². The summed E-state index contributed by atoms with van der Waals surface area (Å²) >= 11 is 0. The van der Waals surface area contributed by atoms with Crippen molar-refractivity contribution >= 4 is 5.82 Å². The number of ether oxygens (including phenoxy) is 2. The summed E-state index contributed by atoms with van der Waals surface area (Å²) in [6, 6.07) is 7.75. The van der Waals surface area contributed by atoms with E-state index in [9.17, 15) is 0 Å². The van der Waals surface area contributed by atoms with E-state index in [0.29, 0.717) is 30.3 Å². The van der Waals surface area contributed by atoms with Gasteiger partial charge in [-0.1, -0.05) is 6.07 Å². The lowest BCUT2D eigenvalue weighted by Gasteiger charge is -2.08. The van der Waals surface area contributed by atoms with Gasteiger partial charge in [0.25, 0.3) is 0 Å². The molecule has 0 saturated heterocycles. The van der Waals surface area contributed by atoms with Crippen molar-refractivity contribution in [3.8, 4) is 28.7 Å². The molecule has 0 atom stereocenters. The average Bonchev–Trinajstić information content (AvgIpc) is 2.66. The van der Waals surface area contributed by atoms with E-state index in [4.69, 9.17) is 20.5 Å². The third-order valence-corrected chi connectivity index (χ3v) is 3.08. The molecule has 0 bridgehead atoms. The van der Waals surface area contributed by atoms with Crippen LogP contribution in [0.3, 0.4) is 0 Å². The van der Waals surface area contributed by atoms with Gasteiger partial charge >= 0.3 is 0 Å². The Balaban J connectivity index is 2.07. The molecule has 0 aliphatic carbocycles. The molecule has 5 nitrogen and oxygen atoms in total. The van der Waals surface area contributed by atoms with E-state index in [1.807, 2.05) is 18.2 Å². The van der Waals surface area contributed by atoms with Crippen molar-refractivity contribution in [3.63, 3.8) is 0 Å². The van der Waals surface area contributed by atoms with Gasteiger partial charge in [-0.3, -0.25) is 0 Å². The Bertz CT molecular complexity index is 655. The van der Waals surface area contributed by atoms with E-state index >= 15 is 0 Å². The van der Waals surface area contributed by atoms with Crippen LogP contribution in [0.2, 0.25) is 0 Å². The zero-order valence-electron chi connectivity index (χ0n) is 10.3. The highest BCUT2D eigenvalue weighted by molar-refractivity contribution is 5.77. The second-order valence-corrected chi connectivity index (χ2v) is 4.31. The van der Waals surface area contributed by atoms with Crippen molar-refractivity contribution in [3.05, 3.63) is 30.0 Å². The van der Waals surface area contributed by atoms with Gasteiger partial charge in [0.05, 0.1) is 13.2 Å². The molecule has 0 radical (unpaired) electrons. The number of fused-ring (bicyclic) bond motifs is 1. The smallest absolute Gasteiger partial charge is 0.161 e. The molecule has 1 aliphatic rings. The monoisotopic (exact) mass is 255 g/mol. The summed E-state index contributed by atoms with van der Waals surface area (Å²) < 4.78 is 11.2. The Hall–Kier alpha value is -2.61. The lowest BCUT2D eigenvalue weighted by Crippen LogP contribution is -1.97. The van der Waals surface area contributed by atoms with Crippen molar-refractivity contribution < 1.29 is 9.47 Å². The minimum Gasteiger partial charge on any atom is -0.490 e. The zero-order valence-corrected chi connectivity index (χ0v) is 10.3. The fourth-order valence-electron chi connectivity index (χ4n) is 2.12. The van der Waals surface area contributed by atoms with E-state index < -0.39 is 0 Å². The lowest BCUT2D eigenvalue weighted by molar-refractivity contribution is 0.297. The molecule has 0 saturated carbocycles. The Labute approximate surface area is 110 Å². The summed E-state index contributed by atoms with van der Waals surface area (Å²) in [5.41, 5.74) is 7.83. The molecule has 3 N–H and O–H groups in total. The van der Waals surface area contributed by atoms with Gasteiger partial charge in [0, 0.05) is 18.2 Å². The van der Waals surface area contributed by atoms with Crippen LogP contribution in [0.1, 0.15) is 12.0 Å². The van der Waals surface area contributed by atoms with E-state index in [2.05, 4.69) is 11.1 Å². The number of H-pyrrole nitrogens is 1. The summed E-state index contributed by atoms with van der Waals surface area (Å²) in [5.74, 6) is 1.83. The van der Waals surface area contributed by atoms with Crippen LogP contribution >= 0.6 is 0 Å². The molecule has 3 rings (SSSR count). The first-order valence-electron chi connectivity index (χ1n) is 6.06. The third kappa shape index (κ3) is 1.97. The summed E-state index contributed by atoms with van der Waals surface area (Å²) in [4.78, 5) is 2.86. The molecular weight excluding hydrogens is 242 g/mol. The number of nitrogen functional groups attached to an aromatic ring is 1. The van der Waals surface area contributed by atoms with Crippen LogP contribution in [0.4, 0.5) is 5.82 Å². The standard InChI is InChI=1S/C14H13N3O2/c15-7-10-11(8-17-14(10)16)9-2-3-12-13(6-9)19-5-1-4-18-12/h2-3,6,8,17H,1,4-5,16H2. The highest BCUT2D eigenvalue weighted by atomic mass is 16.5. The quantitative estimate of drug-likeness (QED) is 0.818. The number of nitrogens with zero attached hydrogens (tertiary/aromatic N) is 1. The summed E-state index contributed by atoms with van der Waals surface area (Å²) in [6.07, 6.45) is 2.59. The molecular formula is C14H13N3O2. The van der Waals surface area contributed by atoms with Crippen molar-refractivity contribution in [1.82, 2.24) is 4.98 Å². The molecule has 0 amide bonds. The SMILES string of the molecule is N#Cc1c(-c2ccc3c(c2)OCCCO3)c[nH]c1N. The van der Waals surface area contributed by atoms with Crippen LogP contribution in [-0.4, -0.2) is 18.2 Å². The van der Waals surface area contributed by atoms with E-state index in [1.165, 1.54) is 0 Å². The Morgan fingerprint density at radius 2 is 2.00 bits per heavy atom. The first-order valence-corrected chi connectivity index (χ1v) is 6.06. The molecule has 1 aromatic carbocycles. The molecule has 0 unspecified atom stereocenters. The molecule has 96 valence electrons. The highest BCUT2D eigenvalue weighted by Crippen LogP contribution is 2.36. The molecule has 1 aliphatic heterocycles. The van der Waals surface area contributed by atoms with Crippen LogP contribution in [-0.2, 0) is 0 Å². The van der Waals surface area contributed by atoms with E-state index in [-0.39, 0.29) is 0 Å². The lowest BCUT2D eigenvalue weighted by atomic mass is 10.0. The van der Waals surface area contributed by atoms with E-state index in [0.717, 1.165) is 23.3 Å². The summed E-state index contributed by atoms with van der Waals surface area (Å²) in [5, 5.41) is 9.13. The number of aromatic amines is 1. The Morgan fingerprint density at radius 1 is 1.21 bits per heavy atom. The molecule has 0 spiro atoms. The van der Waals surface area contributed by atoms with Gasteiger partial charge in [0.15, 0.2) is 11.5 Å². The number of benzene rings is 1. The number of aromatic nitrogens is 1. The highest BCUT2D eigenvalue weighted by Gasteiger charge is 2.15. The molecule has 2 heterocycles. The second kappa shape index (κ2) is 4.58. The van der Waals surface area contributed by atoms with Gasteiger partial charge in [-0.15, -0.1) is 0 Å². The number of nitrogens with one attached hydrogen (secondary N) is 1. The van der Waals surface area contributed by atoms with Gasteiger partial charge in [0.1, 0.15) is 17.5 Å². The molecule has 1 aromatic heterocycles. The fraction of sp³-hybridized carbons (Fsp3) is 0.214. The van der Waals surface area contributed by atoms with Crippen molar-refractivity contribution in [2.45, 2.75) is 6.42 Å². The number of hydrogen-bond acceptors (Lipinski definition) is 4. The van der Waals surface area contributed by atoms with Crippen LogP contribution < -0.4 is 15.2 Å². The minimum absolute atomic E-state index is 0.379. The van der Waals surface area contributed by atoms with Crippen LogP contribution in [0.15, 0.2) is 24.4 Å². The predicted molar refractivity (Wildman–Crippen MR) is 71.0 cm³/mol.